The van der Waals surface area contributed by atoms with Gasteiger partial charge in [-0.05, 0) is 65.7 Å². The van der Waals surface area contributed by atoms with Crippen LogP contribution in [-0.2, 0) is 0 Å². The van der Waals surface area contributed by atoms with Crippen LogP contribution >= 0.6 is 0 Å². The van der Waals surface area contributed by atoms with Crippen molar-refractivity contribution in [3.63, 3.8) is 0 Å². The molecule has 0 radical (unpaired) electrons. The first kappa shape index (κ1) is 20.5. The molecule has 158 valence electrons. The van der Waals surface area contributed by atoms with Gasteiger partial charge in [-0.2, -0.15) is 0 Å². The van der Waals surface area contributed by atoms with Gasteiger partial charge in [-0.25, -0.2) is 0 Å². The molecule has 5 aromatic rings. The first-order valence-electron chi connectivity index (χ1n) is 11.1. The van der Waals surface area contributed by atoms with Crippen molar-refractivity contribution in [1.29, 1.82) is 0 Å². The van der Waals surface area contributed by atoms with Crippen molar-refractivity contribution >= 4 is 28.7 Å². The normalized spacial score (nSPS) is 11.2. The van der Waals surface area contributed by atoms with E-state index in [2.05, 4.69) is 119 Å². The molecule has 0 aliphatic heterocycles. The van der Waals surface area contributed by atoms with Crippen LogP contribution in [0.5, 0.6) is 0 Å². The molecule has 0 bridgehead atoms. The molecule has 0 amide bonds. The van der Waals surface area contributed by atoms with E-state index in [1.165, 1.54) is 0 Å². The summed E-state index contributed by atoms with van der Waals surface area (Å²) in [5, 5.41) is 0. The zero-order valence-corrected chi connectivity index (χ0v) is 18.3. The standard InChI is InChI=1S/C31H24N2/c1-4-12-26(13-5-1)30(31-18-10-11-23-32-31)24-25-19-21-29(22-20-25)33(27-14-6-2-7-15-27)28-16-8-3-9-17-28/h1-24H/b30-24-. The second-order valence-electron chi connectivity index (χ2n) is 7.74. The minimum atomic E-state index is 0.961. The number of anilines is 3. The summed E-state index contributed by atoms with van der Waals surface area (Å²) in [4.78, 5) is 6.87. The number of nitrogens with zero attached hydrogens (tertiary/aromatic N) is 2. The number of benzene rings is 4. The summed E-state index contributed by atoms with van der Waals surface area (Å²) in [5.41, 5.74) is 7.72. The highest BCUT2D eigenvalue weighted by Gasteiger charge is 2.12. The van der Waals surface area contributed by atoms with Gasteiger partial charge >= 0.3 is 0 Å². The Kier molecular flexibility index (Phi) is 6.08. The number of aromatic nitrogens is 1. The Morgan fingerprint density at radius 3 is 1.58 bits per heavy atom. The molecule has 33 heavy (non-hydrogen) atoms. The highest BCUT2D eigenvalue weighted by atomic mass is 15.1. The SMILES string of the molecule is C(=C(\c1ccccc1)c1ccccn1)/c1ccc(N(c2ccccc2)c2ccccc2)cc1. The Balaban J connectivity index is 1.54. The fourth-order valence-corrected chi connectivity index (χ4v) is 3.93. The van der Waals surface area contributed by atoms with Crippen molar-refractivity contribution in [3.8, 4) is 0 Å². The van der Waals surface area contributed by atoms with Crippen molar-refractivity contribution < 1.29 is 0 Å². The molecule has 0 aliphatic carbocycles. The second kappa shape index (κ2) is 9.80. The number of para-hydroxylation sites is 2. The van der Waals surface area contributed by atoms with Crippen molar-refractivity contribution in [1.82, 2.24) is 4.98 Å². The number of rotatable bonds is 6. The van der Waals surface area contributed by atoms with Gasteiger partial charge in [0.25, 0.3) is 0 Å². The van der Waals surface area contributed by atoms with Crippen LogP contribution in [0.2, 0.25) is 0 Å². The quantitative estimate of drug-likeness (QED) is 0.256. The van der Waals surface area contributed by atoms with Crippen molar-refractivity contribution in [2.45, 2.75) is 0 Å². The lowest BCUT2D eigenvalue weighted by Gasteiger charge is -2.25. The molecule has 0 unspecified atom stereocenters. The van der Waals surface area contributed by atoms with Gasteiger partial charge in [0, 0.05) is 28.8 Å². The summed E-state index contributed by atoms with van der Waals surface area (Å²) in [5.74, 6) is 0. The van der Waals surface area contributed by atoms with E-state index in [9.17, 15) is 0 Å². The average Bonchev–Trinajstić information content (AvgIpc) is 2.91. The van der Waals surface area contributed by atoms with Crippen LogP contribution in [-0.4, -0.2) is 4.98 Å². The Morgan fingerprint density at radius 2 is 1.03 bits per heavy atom. The molecule has 2 nitrogen and oxygen atoms in total. The van der Waals surface area contributed by atoms with Crippen LogP contribution in [0.4, 0.5) is 17.1 Å². The summed E-state index contributed by atoms with van der Waals surface area (Å²) in [7, 11) is 0. The largest absolute Gasteiger partial charge is 0.311 e. The van der Waals surface area contributed by atoms with Crippen LogP contribution in [0.15, 0.2) is 140 Å². The number of pyridine rings is 1. The van der Waals surface area contributed by atoms with Crippen molar-refractivity contribution in [3.05, 3.63) is 156 Å². The predicted molar refractivity (Wildman–Crippen MR) is 139 cm³/mol. The molecular weight excluding hydrogens is 400 g/mol. The van der Waals surface area contributed by atoms with Gasteiger partial charge in [0.1, 0.15) is 0 Å². The van der Waals surface area contributed by atoms with Gasteiger partial charge in [0.2, 0.25) is 0 Å². The molecule has 0 spiro atoms. The van der Waals surface area contributed by atoms with Gasteiger partial charge in [-0.15, -0.1) is 0 Å². The van der Waals surface area contributed by atoms with Gasteiger partial charge in [0.05, 0.1) is 5.69 Å². The van der Waals surface area contributed by atoms with Gasteiger partial charge in [0.15, 0.2) is 0 Å². The van der Waals surface area contributed by atoms with E-state index in [0.29, 0.717) is 0 Å². The third-order valence-electron chi connectivity index (χ3n) is 5.52. The lowest BCUT2D eigenvalue weighted by atomic mass is 9.99. The zero-order chi connectivity index (χ0) is 22.3. The van der Waals surface area contributed by atoms with E-state index in [1.54, 1.807) is 0 Å². The summed E-state index contributed by atoms with van der Waals surface area (Å²) in [6.45, 7) is 0. The smallest absolute Gasteiger partial charge is 0.0708 e. The van der Waals surface area contributed by atoms with Crippen LogP contribution in [0.3, 0.4) is 0 Å². The third-order valence-corrected chi connectivity index (χ3v) is 5.52. The third kappa shape index (κ3) is 4.76. The fraction of sp³-hybridized carbons (Fsp3) is 0. The molecule has 0 fully saturated rings. The second-order valence-corrected chi connectivity index (χ2v) is 7.74. The lowest BCUT2D eigenvalue weighted by molar-refractivity contribution is 1.27. The summed E-state index contributed by atoms with van der Waals surface area (Å²) in [6, 6.07) is 46.0. The molecule has 4 aromatic carbocycles. The van der Waals surface area contributed by atoms with E-state index in [-0.39, 0.29) is 0 Å². The highest BCUT2D eigenvalue weighted by Crippen LogP contribution is 2.34. The Labute approximate surface area is 195 Å². The summed E-state index contributed by atoms with van der Waals surface area (Å²) >= 11 is 0. The van der Waals surface area contributed by atoms with Crippen LogP contribution in [0.25, 0.3) is 11.6 Å². The maximum atomic E-state index is 4.60. The van der Waals surface area contributed by atoms with Crippen LogP contribution in [0, 0.1) is 0 Å². The van der Waals surface area contributed by atoms with Crippen LogP contribution in [0.1, 0.15) is 16.8 Å². The van der Waals surface area contributed by atoms with Gasteiger partial charge in [-0.1, -0.05) is 84.9 Å². The molecule has 1 heterocycles. The minimum absolute atomic E-state index is 0.961. The molecule has 5 rings (SSSR count). The molecular formula is C31H24N2. The fourth-order valence-electron chi connectivity index (χ4n) is 3.93. The highest BCUT2D eigenvalue weighted by molar-refractivity contribution is 5.90. The Bertz CT molecular complexity index is 1230. The van der Waals surface area contributed by atoms with E-state index < -0.39 is 0 Å². The first-order valence-corrected chi connectivity index (χ1v) is 11.1. The molecule has 2 heteroatoms. The summed E-state index contributed by atoms with van der Waals surface area (Å²) < 4.78 is 0. The van der Waals surface area contributed by atoms with Gasteiger partial charge in [-0.3, -0.25) is 4.98 Å². The van der Waals surface area contributed by atoms with E-state index >= 15 is 0 Å². The van der Waals surface area contributed by atoms with E-state index in [1.807, 2.05) is 36.5 Å². The van der Waals surface area contributed by atoms with E-state index in [4.69, 9.17) is 0 Å². The molecule has 0 aliphatic rings. The molecule has 0 saturated carbocycles. The molecule has 1 aromatic heterocycles. The van der Waals surface area contributed by atoms with Crippen LogP contribution < -0.4 is 4.90 Å². The zero-order valence-electron chi connectivity index (χ0n) is 18.3. The topological polar surface area (TPSA) is 16.1 Å². The molecule has 0 saturated heterocycles. The number of hydrogen-bond acceptors (Lipinski definition) is 2. The number of hydrogen-bond donors (Lipinski definition) is 0. The monoisotopic (exact) mass is 424 g/mol. The molecule has 0 atom stereocenters. The predicted octanol–water partition coefficient (Wildman–Crippen LogP) is 8.14. The maximum Gasteiger partial charge on any atom is 0.0708 e. The van der Waals surface area contributed by atoms with Crippen molar-refractivity contribution in [2.75, 3.05) is 4.90 Å². The Morgan fingerprint density at radius 1 is 0.515 bits per heavy atom. The maximum absolute atomic E-state index is 4.60. The lowest BCUT2D eigenvalue weighted by Crippen LogP contribution is -2.09. The summed E-state index contributed by atoms with van der Waals surface area (Å²) in [6.07, 6.45) is 4.05. The Hall–Kier alpha value is -4.43. The average molecular weight is 425 g/mol. The minimum Gasteiger partial charge on any atom is -0.311 e. The van der Waals surface area contributed by atoms with Gasteiger partial charge < -0.3 is 4.90 Å². The first-order chi connectivity index (χ1) is 16.4. The molecule has 0 N–H and O–H groups in total. The van der Waals surface area contributed by atoms with Crippen molar-refractivity contribution in [2.24, 2.45) is 0 Å². The van der Waals surface area contributed by atoms with E-state index in [0.717, 1.165) is 39.5 Å².